The third-order valence-corrected chi connectivity index (χ3v) is 5.14. The number of hydrogen-bond acceptors (Lipinski definition) is 5. The van der Waals surface area contributed by atoms with Gasteiger partial charge in [-0.05, 0) is 36.8 Å². The van der Waals surface area contributed by atoms with E-state index in [1.807, 2.05) is 29.7 Å². The van der Waals surface area contributed by atoms with Crippen LogP contribution in [0.15, 0.2) is 61.1 Å². The van der Waals surface area contributed by atoms with Crippen molar-refractivity contribution in [2.45, 2.75) is 6.92 Å². The summed E-state index contributed by atoms with van der Waals surface area (Å²) < 4.78 is 5.23. The Bertz CT molecular complexity index is 1190. The van der Waals surface area contributed by atoms with Crippen LogP contribution in [0.25, 0.3) is 10.9 Å². The normalized spacial score (nSPS) is 9.97. The minimum absolute atomic E-state index is 0. The Morgan fingerprint density at radius 3 is 2.47 bits per heavy atom. The van der Waals surface area contributed by atoms with Gasteiger partial charge in [0.05, 0.1) is 7.11 Å². The molecule has 0 saturated heterocycles. The van der Waals surface area contributed by atoms with Crippen molar-refractivity contribution in [2.24, 2.45) is 0 Å². The first-order valence-corrected chi connectivity index (χ1v) is 10.4. The summed E-state index contributed by atoms with van der Waals surface area (Å²) in [4.78, 5) is 24.2. The van der Waals surface area contributed by atoms with E-state index in [4.69, 9.17) is 9.84 Å². The molecule has 0 saturated carbocycles. The van der Waals surface area contributed by atoms with Crippen molar-refractivity contribution in [2.75, 3.05) is 25.1 Å². The third kappa shape index (κ3) is 6.50. The molecule has 8 heteroatoms. The molecule has 0 bridgehead atoms. The van der Waals surface area contributed by atoms with E-state index in [1.165, 1.54) is 5.56 Å². The summed E-state index contributed by atoms with van der Waals surface area (Å²) in [6, 6.07) is 12.5. The summed E-state index contributed by atoms with van der Waals surface area (Å²) in [5.41, 5.74) is 4.51. The maximum absolute atomic E-state index is 10.8. The van der Waals surface area contributed by atoms with Gasteiger partial charge in [0.2, 0.25) is 5.95 Å². The zero-order valence-corrected chi connectivity index (χ0v) is 19.8. The van der Waals surface area contributed by atoms with Crippen molar-refractivity contribution in [1.82, 2.24) is 15.0 Å². The van der Waals surface area contributed by atoms with Gasteiger partial charge < -0.3 is 26.7 Å². The van der Waals surface area contributed by atoms with E-state index in [-0.39, 0.29) is 24.4 Å². The number of nitrogens with one attached hydrogen (secondary N) is 1. The second kappa shape index (κ2) is 12.6. The average molecular weight is 450 g/mol. The van der Waals surface area contributed by atoms with Crippen molar-refractivity contribution >= 4 is 22.8 Å². The van der Waals surface area contributed by atoms with Crippen molar-refractivity contribution in [3.05, 3.63) is 104 Å². The van der Waals surface area contributed by atoms with Crippen LogP contribution in [0.5, 0.6) is 5.75 Å². The SMILES string of the molecule is [CH2-]CN(C[CH-]c1ccc(C(=O)O)cc1)c1ncccn1.[CH2-]c1c(OC)cc(C)c2[nH]ccc12.[Li+]. The largest absolute Gasteiger partial charge is 1.00 e. The Morgan fingerprint density at radius 1 is 1.21 bits per heavy atom. The number of benzene rings is 2. The number of aryl methyl sites for hydroxylation is 1. The van der Waals surface area contributed by atoms with E-state index >= 15 is 0 Å². The molecule has 0 radical (unpaired) electrons. The number of H-pyrrole nitrogens is 1. The van der Waals surface area contributed by atoms with Crippen LogP contribution in [-0.4, -0.2) is 46.2 Å². The number of rotatable bonds is 7. The number of carboxylic acids is 1. The summed E-state index contributed by atoms with van der Waals surface area (Å²) in [6.07, 6.45) is 7.28. The quantitative estimate of drug-likeness (QED) is 0.329. The fourth-order valence-corrected chi connectivity index (χ4v) is 3.32. The van der Waals surface area contributed by atoms with Gasteiger partial charge in [-0.2, -0.15) is 31.0 Å². The molecule has 2 aromatic heterocycles. The fourth-order valence-electron chi connectivity index (χ4n) is 3.32. The molecule has 0 amide bonds. The topological polar surface area (TPSA) is 91.3 Å². The van der Waals surface area contributed by atoms with E-state index in [2.05, 4.69) is 35.7 Å². The molecule has 34 heavy (non-hydrogen) atoms. The van der Waals surface area contributed by atoms with Crippen molar-refractivity contribution in [3.63, 3.8) is 0 Å². The molecule has 0 atom stereocenters. The van der Waals surface area contributed by atoms with Gasteiger partial charge in [0.1, 0.15) is 0 Å². The molecule has 172 valence electrons. The van der Waals surface area contributed by atoms with Gasteiger partial charge in [-0.25, -0.2) is 14.8 Å². The number of fused-ring (bicyclic) bond motifs is 1. The van der Waals surface area contributed by atoms with Crippen molar-refractivity contribution in [1.29, 1.82) is 0 Å². The number of ether oxygens (including phenoxy) is 1. The Labute approximate surface area is 212 Å². The van der Waals surface area contributed by atoms with E-state index in [1.54, 1.807) is 49.8 Å². The molecule has 7 nitrogen and oxygen atoms in total. The van der Waals surface area contributed by atoms with Crippen LogP contribution < -0.4 is 28.5 Å². The summed E-state index contributed by atoms with van der Waals surface area (Å²) in [5.74, 6) is 0.555. The Morgan fingerprint density at radius 2 is 1.88 bits per heavy atom. The number of carbonyl (C=O) groups is 1. The molecule has 2 heterocycles. The van der Waals surface area contributed by atoms with Crippen LogP contribution >= 0.6 is 0 Å². The predicted octanol–water partition coefficient (Wildman–Crippen LogP) is 1.74. The van der Waals surface area contributed by atoms with Gasteiger partial charge in [0, 0.05) is 23.7 Å². The molecule has 0 aliphatic heterocycles. The van der Waals surface area contributed by atoms with E-state index in [0.717, 1.165) is 27.8 Å². The number of anilines is 1. The molecule has 0 aliphatic carbocycles. The fraction of sp³-hybridized carbons (Fsp3) is 0.154. The number of aromatic amines is 1. The maximum atomic E-state index is 10.8. The molecular weight excluding hydrogens is 423 g/mol. The average Bonchev–Trinajstić information content (AvgIpc) is 3.34. The van der Waals surface area contributed by atoms with Gasteiger partial charge in [-0.1, -0.05) is 17.5 Å². The molecular formula is C26H27LiN4O3-2. The van der Waals surface area contributed by atoms with Crippen LogP contribution in [0.2, 0.25) is 0 Å². The first kappa shape index (κ1) is 26.7. The van der Waals surface area contributed by atoms with E-state index in [9.17, 15) is 4.79 Å². The van der Waals surface area contributed by atoms with Gasteiger partial charge in [-0.15, -0.1) is 24.2 Å². The van der Waals surface area contributed by atoms with Gasteiger partial charge >= 0.3 is 24.8 Å². The molecule has 2 N–H and O–H groups in total. The van der Waals surface area contributed by atoms with Crippen LogP contribution in [0.4, 0.5) is 5.95 Å². The summed E-state index contributed by atoms with van der Waals surface area (Å²) in [5, 5.41) is 9.97. The van der Waals surface area contributed by atoms with Crippen LogP contribution in [0, 0.1) is 27.2 Å². The number of nitrogens with zero attached hydrogens (tertiary/aromatic N) is 3. The first-order valence-electron chi connectivity index (χ1n) is 10.4. The van der Waals surface area contributed by atoms with E-state index in [0.29, 0.717) is 19.0 Å². The van der Waals surface area contributed by atoms with Gasteiger partial charge in [0.15, 0.2) is 0 Å². The second-order valence-corrected chi connectivity index (χ2v) is 7.27. The summed E-state index contributed by atoms with van der Waals surface area (Å²) in [7, 11) is 1.67. The predicted molar refractivity (Wildman–Crippen MR) is 130 cm³/mol. The standard InChI is InChI=1S/C15H15N3O2.C11H12NO.Li/c1-2-18(15-16-9-3-10-17-15)11-8-12-4-6-13(7-5-12)14(19)20;1-7-6-10(13-3)8(2)9-4-5-12-11(7)9;/h3-10H,1-2,11H2,(H,19,20);4-6,12H,2H2,1,3H3;/q-2;-1;+1. The maximum Gasteiger partial charge on any atom is 1.00 e. The molecule has 0 fully saturated rings. The number of carboxylic acid groups (broad SMARTS) is 1. The molecule has 2 aromatic carbocycles. The van der Waals surface area contributed by atoms with Crippen molar-refractivity contribution in [3.8, 4) is 5.75 Å². The molecule has 4 rings (SSSR count). The summed E-state index contributed by atoms with van der Waals surface area (Å²) >= 11 is 0. The molecule has 4 aromatic rings. The monoisotopic (exact) mass is 450 g/mol. The number of methoxy groups -OCH3 is 1. The van der Waals surface area contributed by atoms with Crippen molar-refractivity contribution < 1.29 is 33.5 Å². The third-order valence-electron chi connectivity index (χ3n) is 5.14. The molecule has 0 unspecified atom stereocenters. The Kier molecular flexibility index (Phi) is 9.93. The van der Waals surface area contributed by atoms with Crippen LogP contribution in [0.3, 0.4) is 0 Å². The smallest absolute Gasteiger partial charge is 0.554 e. The first-order chi connectivity index (χ1) is 15.9. The van der Waals surface area contributed by atoms with Gasteiger partial charge in [-0.3, -0.25) is 0 Å². The zero-order valence-electron chi connectivity index (χ0n) is 19.8. The number of aromatic nitrogens is 3. The number of aromatic carboxylic acids is 1. The minimum Gasteiger partial charge on any atom is -0.554 e. The zero-order chi connectivity index (χ0) is 23.8. The Hall–Kier alpha value is -3.53. The van der Waals surface area contributed by atoms with Crippen LogP contribution in [-0.2, 0) is 0 Å². The molecule has 0 aliphatic rings. The second-order valence-electron chi connectivity index (χ2n) is 7.27. The number of hydrogen-bond donors (Lipinski definition) is 2. The van der Waals surface area contributed by atoms with E-state index < -0.39 is 5.97 Å². The van der Waals surface area contributed by atoms with Crippen LogP contribution in [0.1, 0.15) is 27.0 Å². The molecule has 0 spiro atoms. The van der Waals surface area contributed by atoms with Gasteiger partial charge in [0.25, 0.3) is 0 Å². The summed E-state index contributed by atoms with van der Waals surface area (Å²) in [6.45, 7) is 11.1. The minimum atomic E-state index is -0.923. The Balaban J connectivity index is 0.000000253.